The summed E-state index contributed by atoms with van der Waals surface area (Å²) in [6.07, 6.45) is 8.00. The highest BCUT2D eigenvalue weighted by Gasteiger charge is 2.17. The Kier molecular flexibility index (Phi) is 5.39. The molecule has 6 nitrogen and oxygen atoms in total. The summed E-state index contributed by atoms with van der Waals surface area (Å²) < 4.78 is 34.6. The molecular weight excluding hydrogens is 416 g/mol. The van der Waals surface area contributed by atoms with Gasteiger partial charge in [0.05, 0.1) is 6.20 Å². The van der Waals surface area contributed by atoms with Crippen LogP contribution in [0.15, 0.2) is 65.7 Å². The van der Waals surface area contributed by atoms with E-state index in [-0.39, 0.29) is 22.9 Å². The summed E-state index contributed by atoms with van der Waals surface area (Å²) in [6.45, 7) is 0. The van der Waals surface area contributed by atoms with Gasteiger partial charge >= 0.3 is 5.91 Å². The molecule has 2 aromatic carbocycles. The fourth-order valence-electron chi connectivity index (χ4n) is 3.26. The second kappa shape index (κ2) is 8.32. The lowest BCUT2D eigenvalue weighted by Gasteiger charge is -2.15. The summed E-state index contributed by atoms with van der Waals surface area (Å²) in [5, 5.41) is 3.52. The van der Waals surface area contributed by atoms with Crippen LogP contribution in [0.3, 0.4) is 0 Å². The van der Waals surface area contributed by atoms with Gasteiger partial charge in [-0.15, -0.1) is 6.42 Å². The van der Waals surface area contributed by atoms with E-state index >= 15 is 0 Å². The Bertz CT molecular complexity index is 1470. The van der Waals surface area contributed by atoms with Gasteiger partial charge in [-0.05, 0) is 35.6 Å². The molecule has 0 saturated heterocycles. The predicted octanol–water partition coefficient (Wildman–Crippen LogP) is 4.24. The van der Waals surface area contributed by atoms with Crippen molar-refractivity contribution < 1.29 is 18.3 Å². The number of aryl methyl sites for hydroxylation is 1. The summed E-state index contributed by atoms with van der Waals surface area (Å²) in [7, 11) is 1.60. The van der Waals surface area contributed by atoms with Gasteiger partial charge in [0.15, 0.2) is 17.3 Å². The Balaban J connectivity index is 1.95. The molecule has 4 aromatic rings. The van der Waals surface area contributed by atoms with Gasteiger partial charge < -0.3 is 9.30 Å². The lowest BCUT2D eigenvalue weighted by atomic mass is 10.0. The Morgan fingerprint density at radius 3 is 2.56 bits per heavy atom. The number of nitrogens with zero attached hydrogens (tertiary/aromatic N) is 2. The minimum atomic E-state index is -0.897. The van der Waals surface area contributed by atoms with Crippen LogP contribution in [0.25, 0.3) is 21.9 Å². The number of amides is 1. The smallest absolute Gasteiger partial charge is 0.301 e. The average Bonchev–Trinajstić information content (AvgIpc) is 2.79. The number of ether oxygens (including phenoxy) is 1. The van der Waals surface area contributed by atoms with Gasteiger partial charge in [-0.1, -0.05) is 18.2 Å². The molecule has 0 spiro atoms. The highest BCUT2D eigenvalue weighted by atomic mass is 19.1. The first kappa shape index (κ1) is 20.8. The van der Waals surface area contributed by atoms with Crippen molar-refractivity contribution in [1.82, 2.24) is 9.55 Å². The molecule has 0 atom stereocenters. The van der Waals surface area contributed by atoms with Crippen molar-refractivity contribution >= 4 is 22.5 Å². The fraction of sp³-hybridized carbons (Fsp3) is 0.0417. The van der Waals surface area contributed by atoms with Crippen molar-refractivity contribution in [1.29, 1.82) is 0 Å². The monoisotopic (exact) mass is 431 g/mol. The molecule has 0 aliphatic heterocycles. The van der Waals surface area contributed by atoms with Crippen LogP contribution in [-0.4, -0.2) is 15.5 Å². The van der Waals surface area contributed by atoms with E-state index in [0.717, 1.165) is 12.1 Å². The molecule has 0 unspecified atom stereocenters. The number of benzene rings is 2. The first-order valence-corrected chi connectivity index (χ1v) is 9.36. The Labute approximate surface area is 181 Å². The first-order valence-electron chi connectivity index (χ1n) is 9.36. The topological polar surface area (TPSA) is 73.2 Å². The highest BCUT2D eigenvalue weighted by Crippen LogP contribution is 2.38. The Morgan fingerprint density at radius 2 is 1.84 bits per heavy atom. The van der Waals surface area contributed by atoms with Crippen LogP contribution < -0.4 is 15.6 Å². The number of anilines is 1. The third-order valence-electron chi connectivity index (χ3n) is 4.73. The number of hydrogen-bond donors (Lipinski definition) is 1. The second-order valence-electron chi connectivity index (χ2n) is 6.85. The maximum absolute atomic E-state index is 14.2. The molecule has 4 rings (SSSR count). The molecule has 0 aliphatic rings. The zero-order valence-corrected chi connectivity index (χ0v) is 16.7. The molecule has 0 saturated carbocycles. The van der Waals surface area contributed by atoms with Crippen LogP contribution in [0.2, 0.25) is 0 Å². The van der Waals surface area contributed by atoms with E-state index in [0.29, 0.717) is 28.0 Å². The van der Waals surface area contributed by atoms with Crippen molar-refractivity contribution in [2.75, 3.05) is 5.32 Å². The molecule has 2 aromatic heterocycles. The van der Waals surface area contributed by atoms with Gasteiger partial charge in [-0.25, -0.2) is 13.8 Å². The molecule has 8 heteroatoms. The van der Waals surface area contributed by atoms with Crippen LogP contribution >= 0.6 is 0 Å². The van der Waals surface area contributed by atoms with Crippen molar-refractivity contribution in [3.63, 3.8) is 0 Å². The van der Waals surface area contributed by atoms with E-state index in [9.17, 15) is 18.4 Å². The van der Waals surface area contributed by atoms with Crippen molar-refractivity contribution in [3.8, 4) is 35.0 Å². The predicted molar refractivity (Wildman–Crippen MR) is 116 cm³/mol. The summed E-state index contributed by atoms with van der Waals surface area (Å²) in [4.78, 5) is 28.3. The highest BCUT2D eigenvalue weighted by molar-refractivity contribution is 6.04. The number of nitrogens with one attached hydrogen (secondary N) is 1. The van der Waals surface area contributed by atoms with E-state index in [1.807, 2.05) is 5.92 Å². The van der Waals surface area contributed by atoms with Gasteiger partial charge in [-0.3, -0.25) is 14.9 Å². The lowest BCUT2D eigenvalue weighted by Crippen LogP contribution is -2.16. The maximum Gasteiger partial charge on any atom is 0.301 e. The van der Waals surface area contributed by atoms with Gasteiger partial charge in [0.1, 0.15) is 11.6 Å². The number of carbonyl (C=O) groups excluding carboxylic acids is 1. The minimum absolute atomic E-state index is 0.123. The first-order chi connectivity index (χ1) is 15.4. The number of aromatic nitrogens is 2. The number of hydrogen-bond acceptors (Lipinski definition) is 4. The summed E-state index contributed by atoms with van der Waals surface area (Å²) in [5.41, 5.74) is 0.771. The number of fused-ring (bicyclic) bond motifs is 1. The minimum Gasteiger partial charge on any atom is -0.452 e. The van der Waals surface area contributed by atoms with Crippen molar-refractivity contribution in [3.05, 3.63) is 82.9 Å². The number of pyridine rings is 2. The Morgan fingerprint density at radius 1 is 1.09 bits per heavy atom. The molecule has 32 heavy (non-hydrogen) atoms. The number of rotatable bonds is 4. The molecule has 1 amide bonds. The second-order valence-corrected chi connectivity index (χ2v) is 6.85. The average molecular weight is 431 g/mol. The zero-order valence-electron chi connectivity index (χ0n) is 16.7. The fourth-order valence-corrected chi connectivity index (χ4v) is 3.26. The van der Waals surface area contributed by atoms with E-state index in [1.54, 1.807) is 37.5 Å². The van der Waals surface area contributed by atoms with Crippen LogP contribution in [0.5, 0.6) is 11.5 Å². The maximum atomic E-state index is 14.2. The van der Waals surface area contributed by atoms with Gasteiger partial charge in [0.2, 0.25) is 0 Å². The van der Waals surface area contributed by atoms with E-state index in [2.05, 4.69) is 10.3 Å². The molecular formula is C24H15F2N3O3. The molecule has 0 bridgehead atoms. The van der Waals surface area contributed by atoms with Gasteiger partial charge in [0, 0.05) is 35.8 Å². The van der Waals surface area contributed by atoms with Gasteiger partial charge in [0.25, 0.3) is 5.56 Å². The van der Waals surface area contributed by atoms with Crippen LogP contribution in [0, 0.1) is 24.0 Å². The molecule has 158 valence electrons. The number of halogens is 2. The molecule has 0 aliphatic carbocycles. The standard InChI is InChI=1S/C24H15F2N3O3/c1-3-23(30)28-22-11-17(18-13-29(2)24(31)16-7-5-4-6-15(16)18)21(12-27-22)32-20-9-8-14(25)10-19(20)26/h1,4-13H,2H3,(H,27,28,30). The molecule has 0 radical (unpaired) electrons. The van der Waals surface area contributed by atoms with Crippen LogP contribution in [0.1, 0.15) is 0 Å². The van der Waals surface area contributed by atoms with Crippen molar-refractivity contribution in [2.45, 2.75) is 0 Å². The van der Waals surface area contributed by atoms with Crippen LogP contribution in [0.4, 0.5) is 14.6 Å². The van der Waals surface area contributed by atoms with E-state index in [1.165, 1.54) is 16.8 Å². The summed E-state index contributed by atoms with van der Waals surface area (Å²) >= 11 is 0. The van der Waals surface area contributed by atoms with E-state index < -0.39 is 17.5 Å². The third-order valence-corrected chi connectivity index (χ3v) is 4.73. The SMILES string of the molecule is C#CC(=O)Nc1cc(-c2cn(C)c(=O)c3ccccc23)c(Oc2ccc(F)cc2F)cn1. The van der Waals surface area contributed by atoms with E-state index in [4.69, 9.17) is 11.2 Å². The lowest BCUT2D eigenvalue weighted by molar-refractivity contribution is -0.111. The summed E-state index contributed by atoms with van der Waals surface area (Å²) in [6, 6.07) is 11.4. The number of carbonyl (C=O) groups is 1. The summed E-state index contributed by atoms with van der Waals surface area (Å²) in [5.74, 6) is -0.374. The molecule has 2 heterocycles. The zero-order chi connectivity index (χ0) is 22.8. The van der Waals surface area contributed by atoms with Crippen LogP contribution in [-0.2, 0) is 11.8 Å². The quantitative estimate of drug-likeness (QED) is 0.491. The number of terminal acetylenes is 1. The van der Waals surface area contributed by atoms with Crippen molar-refractivity contribution in [2.24, 2.45) is 7.05 Å². The third kappa shape index (κ3) is 3.91. The normalized spacial score (nSPS) is 10.6. The van der Waals surface area contributed by atoms with Gasteiger partial charge in [-0.2, -0.15) is 0 Å². The molecule has 0 fully saturated rings. The Hall–Kier alpha value is -4.51. The molecule has 1 N–H and O–H groups in total. The largest absolute Gasteiger partial charge is 0.452 e.